The van der Waals surface area contributed by atoms with E-state index in [9.17, 15) is 18.0 Å². The Morgan fingerprint density at radius 3 is 2.75 bits per heavy atom. The van der Waals surface area contributed by atoms with E-state index < -0.39 is 11.7 Å². The van der Waals surface area contributed by atoms with Crippen molar-refractivity contribution in [2.24, 2.45) is 0 Å². The van der Waals surface area contributed by atoms with Gasteiger partial charge in [-0.3, -0.25) is 0 Å². The largest absolute Gasteiger partial charge is 0.416 e. The minimum absolute atomic E-state index is 0.144. The Hall–Kier alpha value is -1.44. The molecule has 0 bridgehead atoms. The first-order valence-electron chi connectivity index (χ1n) is 6.01. The number of benzene rings is 1. The maximum absolute atomic E-state index is 12.6. The summed E-state index contributed by atoms with van der Waals surface area (Å²) in [6, 6.07) is 3.28. The van der Waals surface area contributed by atoms with Crippen LogP contribution in [0, 0.1) is 0 Å². The Balaban J connectivity index is 1.96. The van der Waals surface area contributed by atoms with Crippen molar-refractivity contribution in [1.82, 2.24) is 10.2 Å². The van der Waals surface area contributed by atoms with E-state index in [-0.39, 0.29) is 6.03 Å². The molecule has 2 N–H and O–H groups in total. The van der Waals surface area contributed by atoms with Gasteiger partial charge in [0, 0.05) is 36.3 Å². The van der Waals surface area contributed by atoms with Crippen LogP contribution in [-0.4, -0.2) is 37.1 Å². The zero-order chi connectivity index (χ0) is 14.8. The zero-order valence-electron chi connectivity index (χ0n) is 10.4. The fourth-order valence-corrected chi connectivity index (χ4v) is 2.27. The van der Waals surface area contributed by atoms with Gasteiger partial charge in [0.05, 0.1) is 5.56 Å². The van der Waals surface area contributed by atoms with Gasteiger partial charge in [0.15, 0.2) is 0 Å². The molecule has 0 aromatic heterocycles. The summed E-state index contributed by atoms with van der Waals surface area (Å²) in [5, 5.41) is 5.56. The summed E-state index contributed by atoms with van der Waals surface area (Å²) in [4.78, 5) is 12.9. The normalized spacial score (nSPS) is 15.4. The predicted octanol–water partition coefficient (Wildman–Crippen LogP) is 2.91. The van der Waals surface area contributed by atoms with Crippen LogP contribution < -0.4 is 10.6 Å². The molecule has 1 aromatic carbocycles. The molecule has 1 aliphatic heterocycles. The lowest BCUT2D eigenvalue weighted by molar-refractivity contribution is -0.137. The van der Waals surface area contributed by atoms with Crippen molar-refractivity contribution in [2.75, 3.05) is 31.5 Å². The summed E-state index contributed by atoms with van der Waals surface area (Å²) in [5.41, 5.74) is -0.346. The van der Waals surface area contributed by atoms with E-state index in [1.165, 1.54) is 6.07 Å². The molecule has 0 atom stereocenters. The molecule has 1 saturated heterocycles. The maximum Gasteiger partial charge on any atom is 0.416 e. The van der Waals surface area contributed by atoms with Crippen molar-refractivity contribution in [1.29, 1.82) is 0 Å². The van der Waals surface area contributed by atoms with Crippen molar-refractivity contribution in [3.63, 3.8) is 0 Å². The quantitative estimate of drug-likeness (QED) is 0.875. The third-order valence-electron chi connectivity index (χ3n) is 2.94. The lowest BCUT2D eigenvalue weighted by atomic mass is 10.2. The third-order valence-corrected chi connectivity index (χ3v) is 3.63. The molecule has 0 spiro atoms. The van der Waals surface area contributed by atoms with Crippen LogP contribution in [0.25, 0.3) is 0 Å². The van der Waals surface area contributed by atoms with Crippen LogP contribution in [0.2, 0.25) is 0 Å². The van der Waals surface area contributed by atoms with E-state index in [0.29, 0.717) is 36.3 Å². The highest BCUT2D eigenvalue weighted by Gasteiger charge is 2.30. The molecule has 8 heteroatoms. The van der Waals surface area contributed by atoms with Crippen molar-refractivity contribution < 1.29 is 18.0 Å². The second-order valence-electron chi connectivity index (χ2n) is 4.34. The number of urea groups is 1. The van der Waals surface area contributed by atoms with Crippen molar-refractivity contribution in [2.45, 2.75) is 6.18 Å². The molecule has 0 radical (unpaired) electrons. The number of hydrogen-bond donors (Lipinski definition) is 2. The second kappa shape index (κ2) is 5.90. The minimum Gasteiger partial charge on any atom is -0.382 e. The number of halogens is 4. The molecule has 1 fully saturated rings. The van der Waals surface area contributed by atoms with Gasteiger partial charge in [0.2, 0.25) is 0 Å². The van der Waals surface area contributed by atoms with E-state index in [0.717, 1.165) is 12.1 Å². The van der Waals surface area contributed by atoms with Gasteiger partial charge in [0.1, 0.15) is 0 Å². The topological polar surface area (TPSA) is 44.4 Å². The average Bonchev–Trinajstić information content (AvgIpc) is 2.76. The van der Waals surface area contributed by atoms with Gasteiger partial charge in [0.25, 0.3) is 0 Å². The first-order valence-corrected chi connectivity index (χ1v) is 6.80. The van der Waals surface area contributed by atoms with Gasteiger partial charge in [-0.05, 0) is 34.1 Å². The number of carbonyl (C=O) groups is 1. The molecule has 0 saturated carbocycles. The molecule has 1 heterocycles. The van der Waals surface area contributed by atoms with Gasteiger partial charge >= 0.3 is 12.2 Å². The minimum atomic E-state index is -4.37. The number of alkyl halides is 3. The molecule has 2 amide bonds. The maximum atomic E-state index is 12.6. The Morgan fingerprint density at radius 2 is 2.15 bits per heavy atom. The smallest absolute Gasteiger partial charge is 0.382 e. The van der Waals surface area contributed by atoms with E-state index in [1.807, 2.05) is 0 Å². The standard InChI is InChI=1S/C12H13BrF3N3O/c13-9-2-1-8(12(14,15)16)7-10(9)17-3-5-19-6-4-18-11(19)20/h1-2,7,17H,3-6H2,(H,18,20). The number of anilines is 1. The second-order valence-corrected chi connectivity index (χ2v) is 5.19. The number of nitrogens with one attached hydrogen (secondary N) is 2. The van der Waals surface area contributed by atoms with E-state index in [2.05, 4.69) is 26.6 Å². The first-order chi connectivity index (χ1) is 9.38. The van der Waals surface area contributed by atoms with Crippen molar-refractivity contribution >= 4 is 27.6 Å². The molecule has 110 valence electrons. The molecular formula is C12H13BrF3N3O. The Kier molecular flexibility index (Phi) is 4.42. The average molecular weight is 352 g/mol. The molecule has 1 aromatic rings. The van der Waals surface area contributed by atoms with Gasteiger partial charge in [-0.1, -0.05) is 0 Å². The highest BCUT2D eigenvalue weighted by Crippen LogP contribution is 2.33. The Bertz CT molecular complexity index is 507. The molecule has 20 heavy (non-hydrogen) atoms. The summed E-state index contributed by atoms with van der Waals surface area (Å²) < 4.78 is 38.4. The van der Waals surface area contributed by atoms with Crippen LogP contribution in [0.3, 0.4) is 0 Å². The Labute approximate surface area is 122 Å². The lowest BCUT2D eigenvalue weighted by Crippen LogP contribution is -2.32. The number of nitrogens with zero attached hydrogens (tertiary/aromatic N) is 1. The summed E-state index contributed by atoms with van der Waals surface area (Å²) in [6.45, 7) is 2.04. The van der Waals surface area contributed by atoms with Gasteiger partial charge in [-0.2, -0.15) is 13.2 Å². The zero-order valence-corrected chi connectivity index (χ0v) is 12.0. The van der Waals surface area contributed by atoms with Crippen molar-refractivity contribution in [3.8, 4) is 0 Å². The molecule has 0 unspecified atom stereocenters. The van der Waals surface area contributed by atoms with E-state index in [1.54, 1.807) is 4.90 Å². The highest BCUT2D eigenvalue weighted by atomic mass is 79.9. The fourth-order valence-electron chi connectivity index (χ4n) is 1.89. The molecule has 4 nitrogen and oxygen atoms in total. The molecule has 2 rings (SSSR count). The molecular weight excluding hydrogens is 339 g/mol. The van der Waals surface area contributed by atoms with Crippen LogP contribution in [-0.2, 0) is 6.18 Å². The number of rotatable bonds is 4. The van der Waals surface area contributed by atoms with Crippen molar-refractivity contribution in [3.05, 3.63) is 28.2 Å². The number of amides is 2. The van der Waals surface area contributed by atoms with E-state index in [4.69, 9.17) is 0 Å². The predicted molar refractivity (Wildman–Crippen MR) is 72.6 cm³/mol. The fraction of sp³-hybridized carbons (Fsp3) is 0.417. The Morgan fingerprint density at radius 1 is 1.40 bits per heavy atom. The van der Waals surface area contributed by atoms with E-state index >= 15 is 0 Å². The monoisotopic (exact) mass is 351 g/mol. The third kappa shape index (κ3) is 3.56. The van der Waals surface area contributed by atoms with Crippen LogP contribution >= 0.6 is 15.9 Å². The van der Waals surface area contributed by atoms with Crippen LogP contribution in [0.4, 0.5) is 23.7 Å². The van der Waals surface area contributed by atoms with Crippen LogP contribution in [0.1, 0.15) is 5.56 Å². The number of hydrogen-bond acceptors (Lipinski definition) is 2. The molecule has 1 aliphatic rings. The highest BCUT2D eigenvalue weighted by molar-refractivity contribution is 9.10. The van der Waals surface area contributed by atoms with Gasteiger partial charge in [-0.25, -0.2) is 4.79 Å². The lowest BCUT2D eigenvalue weighted by Gasteiger charge is -2.16. The molecule has 0 aliphatic carbocycles. The summed E-state index contributed by atoms with van der Waals surface area (Å²) in [5.74, 6) is 0. The van der Waals surface area contributed by atoms with Gasteiger partial charge < -0.3 is 15.5 Å². The number of carbonyl (C=O) groups excluding carboxylic acids is 1. The van der Waals surface area contributed by atoms with Crippen LogP contribution in [0.5, 0.6) is 0 Å². The summed E-state index contributed by atoms with van der Waals surface area (Å²) in [7, 11) is 0. The summed E-state index contributed by atoms with van der Waals surface area (Å²) in [6.07, 6.45) is -4.37. The first kappa shape index (κ1) is 15.0. The van der Waals surface area contributed by atoms with Gasteiger partial charge in [-0.15, -0.1) is 0 Å². The van der Waals surface area contributed by atoms with Crippen LogP contribution in [0.15, 0.2) is 22.7 Å². The summed E-state index contributed by atoms with van der Waals surface area (Å²) >= 11 is 3.20. The SMILES string of the molecule is O=C1NCCN1CCNc1cc(C(F)(F)F)ccc1Br.